The van der Waals surface area contributed by atoms with E-state index >= 15 is 0 Å². The van der Waals surface area contributed by atoms with Gasteiger partial charge in [-0.05, 0) is 31.7 Å². The van der Waals surface area contributed by atoms with Gasteiger partial charge in [0.2, 0.25) is 5.91 Å². The molecule has 0 radical (unpaired) electrons. The third-order valence-electron chi connectivity index (χ3n) is 4.03. The molecule has 0 bridgehead atoms. The van der Waals surface area contributed by atoms with Gasteiger partial charge in [-0.1, -0.05) is 13.8 Å². The normalized spacial score (nSPS) is 29.3. The zero-order chi connectivity index (χ0) is 13.8. The number of nitrogens with zero attached hydrogens (tertiary/aromatic N) is 1. The number of carbonyl (C=O) groups excluding carboxylic acids is 1. The van der Waals surface area contributed by atoms with E-state index in [0.717, 1.165) is 19.6 Å². The summed E-state index contributed by atoms with van der Waals surface area (Å²) in [6.07, 6.45) is 3.36. The van der Waals surface area contributed by atoms with Gasteiger partial charge in [0.1, 0.15) is 0 Å². The molecule has 3 atom stereocenters. The van der Waals surface area contributed by atoms with Gasteiger partial charge >= 0.3 is 0 Å². The summed E-state index contributed by atoms with van der Waals surface area (Å²) in [5, 5.41) is 2.92. The van der Waals surface area contributed by atoms with Crippen LogP contribution >= 0.6 is 0 Å². The summed E-state index contributed by atoms with van der Waals surface area (Å²) < 4.78 is 5.81. The Morgan fingerprint density at radius 3 is 3.05 bits per heavy atom. The Balaban J connectivity index is 1.69. The fourth-order valence-corrected chi connectivity index (χ4v) is 2.97. The standard InChI is InChI=1S/C14H27N3O2/c1-10(2)6-13(15)14(18)16-7-12-8-17-5-3-4-11(17)9-19-12/h10-13H,3-9,15H2,1-2H3,(H,16,18)/t11?,12?,13-/m1/s1. The van der Waals surface area contributed by atoms with Crippen LogP contribution in [0.15, 0.2) is 0 Å². The quantitative estimate of drug-likeness (QED) is 0.755. The number of hydrogen-bond acceptors (Lipinski definition) is 4. The van der Waals surface area contributed by atoms with Crippen molar-refractivity contribution in [3.05, 3.63) is 0 Å². The van der Waals surface area contributed by atoms with E-state index in [1.54, 1.807) is 0 Å². The van der Waals surface area contributed by atoms with Crippen molar-refractivity contribution >= 4 is 5.91 Å². The summed E-state index contributed by atoms with van der Waals surface area (Å²) in [6, 6.07) is 0.207. The molecule has 2 heterocycles. The molecular formula is C14H27N3O2. The molecule has 0 saturated carbocycles. The molecule has 0 aromatic heterocycles. The molecule has 2 unspecified atom stereocenters. The first-order valence-electron chi connectivity index (χ1n) is 7.45. The summed E-state index contributed by atoms with van der Waals surface area (Å²) in [6.45, 7) is 7.64. The van der Waals surface area contributed by atoms with E-state index in [-0.39, 0.29) is 12.0 Å². The van der Waals surface area contributed by atoms with E-state index in [9.17, 15) is 4.79 Å². The smallest absolute Gasteiger partial charge is 0.237 e. The maximum absolute atomic E-state index is 11.8. The molecule has 2 aliphatic heterocycles. The van der Waals surface area contributed by atoms with Crippen LogP contribution in [-0.4, -0.2) is 55.2 Å². The minimum atomic E-state index is -0.400. The van der Waals surface area contributed by atoms with Crippen LogP contribution in [0, 0.1) is 5.92 Å². The maximum atomic E-state index is 11.8. The van der Waals surface area contributed by atoms with Gasteiger partial charge in [0, 0.05) is 19.1 Å². The molecule has 0 spiro atoms. The van der Waals surface area contributed by atoms with Crippen molar-refractivity contribution in [3.63, 3.8) is 0 Å². The minimum absolute atomic E-state index is 0.0548. The van der Waals surface area contributed by atoms with Crippen molar-refractivity contribution < 1.29 is 9.53 Å². The average Bonchev–Trinajstić information content (AvgIpc) is 2.82. The van der Waals surface area contributed by atoms with Gasteiger partial charge in [0.05, 0.1) is 18.8 Å². The number of morpholine rings is 1. The van der Waals surface area contributed by atoms with Crippen LogP contribution in [0.2, 0.25) is 0 Å². The predicted octanol–water partition coefficient (Wildman–Crippen LogP) is 0.339. The summed E-state index contributed by atoms with van der Waals surface area (Å²) in [7, 11) is 0. The first-order valence-corrected chi connectivity index (χ1v) is 7.45. The molecule has 19 heavy (non-hydrogen) atoms. The van der Waals surface area contributed by atoms with E-state index < -0.39 is 6.04 Å². The molecule has 3 N–H and O–H groups in total. The summed E-state index contributed by atoms with van der Waals surface area (Å²) in [5.41, 5.74) is 5.86. The lowest BCUT2D eigenvalue weighted by Crippen LogP contribution is -2.51. The average molecular weight is 269 g/mol. The topological polar surface area (TPSA) is 67.6 Å². The van der Waals surface area contributed by atoms with Crippen molar-refractivity contribution in [3.8, 4) is 0 Å². The number of amides is 1. The zero-order valence-corrected chi connectivity index (χ0v) is 12.1. The van der Waals surface area contributed by atoms with Gasteiger partial charge < -0.3 is 15.8 Å². The molecule has 0 aromatic carbocycles. The van der Waals surface area contributed by atoms with E-state index in [1.165, 1.54) is 19.4 Å². The second-order valence-electron chi connectivity index (χ2n) is 6.23. The van der Waals surface area contributed by atoms with Crippen LogP contribution in [0.4, 0.5) is 0 Å². The third-order valence-corrected chi connectivity index (χ3v) is 4.03. The number of hydrogen-bond donors (Lipinski definition) is 2. The fraction of sp³-hybridized carbons (Fsp3) is 0.929. The number of carbonyl (C=O) groups is 1. The number of ether oxygens (including phenoxy) is 1. The van der Waals surface area contributed by atoms with Crippen LogP contribution in [0.5, 0.6) is 0 Å². The molecule has 0 aliphatic carbocycles. The van der Waals surface area contributed by atoms with Gasteiger partial charge in [0.15, 0.2) is 0 Å². The van der Waals surface area contributed by atoms with Crippen LogP contribution < -0.4 is 11.1 Å². The highest BCUT2D eigenvalue weighted by atomic mass is 16.5. The fourth-order valence-electron chi connectivity index (χ4n) is 2.97. The molecule has 1 amide bonds. The van der Waals surface area contributed by atoms with Crippen molar-refractivity contribution in [2.45, 2.75) is 51.3 Å². The number of fused-ring (bicyclic) bond motifs is 1. The first-order chi connectivity index (χ1) is 9.06. The van der Waals surface area contributed by atoms with Crippen LogP contribution in [0.3, 0.4) is 0 Å². The molecule has 2 aliphatic rings. The van der Waals surface area contributed by atoms with E-state index in [2.05, 4.69) is 24.1 Å². The SMILES string of the molecule is CC(C)C[C@@H](N)C(=O)NCC1CN2CCCC2CO1. The lowest BCUT2D eigenvalue weighted by molar-refractivity contribution is -0.124. The second kappa shape index (κ2) is 6.68. The highest BCUT2D eigenvalue weighted by Gasteiger charge is 2.32. The highest BCUT2D eigenvalue weighted by Crippen LogP contribution is 2.22. The Morgan fingerprint density at radius 1 is 1.53 bits per heavy atom. The molecule has 0 aromatic rings. The van der Waals surface area contributed by atoms with Crippen molar-refractivity contribution in [1.29, 1.82) is 0 Å². The molecule has 2 saturated heterocycles. The molecule has 5 heteroatoms. The first kappa shape index (κ1) is 14.8. The summed E-state index contributed by atoms with van der Waals surface area (Å²) >= 11 is 0. The van der Waals surface area contributed by atoms with Crippen molar-refractivity contribution in [2.75, 3.05) is 26.2 Å². The Bertz CT molecular complexity index is 309. The van der Waals surface area contributed by atoms with Crippen LogP contribution in [0.1, 0.15) is 33.1 Å². The van der Waals surface area contributed by atoms with Crippen molar-refractivity contribution in [1.82, 2.24) is 10.2 Å². The Morgan fingerprint density at radius 2 is 2.32 bits per heavy atom. The molecular weight excluding hydrogens is 242 g/mol. The number of rotatable bonds is 5. The summed E-state index contributed by atoms with van der Waals surface area (Å²) in [5.74, 6) is 0.387. The monoisotopic (exact) mass is 269 g/mol. The summed E-state index contributed by atoms with van der Waals surface area (Å²) in [4.78, 5) is 14.3. The number of nitrogens with two attached hydrogens (primary N) is 1. The van der Waals surface area contributed by atoms with Crippen LogP contribution in [-0.2, 0) is 9.53 Å². The zero-order valence-electron chi connectivity index (χ0n) is 12.1. The highest BCUT2D eigenvalue weighted by molar-refractivity contribution is 5.81. The molecule has 2 fully saturated rings. The Kier molecular flexibility index (Phi) is 5.19. The lowest BCUT2D eigenvalue weighted by atomic mass is 10.0. The molecule has 2 rings (SSSR count). The molecule has 5 nitrogen and oxygen atoms in total. The van der Waals surface area contributed by atoms with E-state index in [4.69, 9.17) is 10.5 Å². The Hall–Kier alpha value is -0.650. The Labute approximate surface area is 115 Å². The predicted molar refractivity (Wildman–Crippen MR) is 74.8 cm³/mol. The second-order valence-corrected chi connectivity index (χ2v) is 6.23. The number of nitrogens with one attached hydrogen (secondary N) is 1. The van der Waals surface area contributed by atoms with Gasteiger partial charge in [-0.25, -0.2) is 0 Å². The van der Waals surface area contributed by atoms with Crippen LogP contribution in [0.25, 0.3) is 0 Å². The van der Waals surface area contributed by atoms with Gasteiger partial charge in [-0.3, -0.25) is 9.69 Å². The van der Waals surface area contributed by atoms with E-state index in [0.29, 0.717) is 18.5 Å². The minimum Gasteiger partial charge on any atom is -0.373 e. The third kappa shape index (κ3) is 4.16. The largest absolute Gasteiger partial charge is 0.373 e. The van der Waals surface area contributed by atoms with Crippen molar-refractivity contribution in [2.24, 2.45) is 11.7 Å². The maximum Gasteiger partial charge on any atom is 0.237 e. The van der Waals surface area contributed by atoms with Gasteiger partial charge in [-0.2, -0.15) is 0 Å². The van der Waals surface area contributed by atoms with Gasteiger partial charge in [0.25, 0.3) is 0 Å². The lowest BCUT2D eigenvalue weighted by Gasteiger charge is -2.35. The van der Waals surface area contributed by atoms with E-state index in [1.807, 2.05) is 0 Å². The molecule has 110 valence electrons. The van der Waals surface area contributed by atoms with Gasteiger partial charge in [-0.15, -0.1) is 0 Å².